The predicted molar refractivity (Wildman–Crippen MR) is 88.2 cm³/mol. The number of halogens is 1. The van der Waals surface area contributed by atoms with Crippen molar-refractivity contribution >= 4 is 15.9 Å². The van der Waals surface area contributed by atoms with E-state index in [1.165, 1.54) is 10.4 Å². The van der Waals surface area contributed by atoms with E-state index in [2.05, 4.69) is 6.92 Å². The number of anilines is 1. The lowest BCUT2D eigenvalue weighted by molar-refractivity contribution is 0.255. The average Bonchev–Trinajstić information content (AvgIpc) is 2.85. The average molecular weight is 338 g/mol. The van der Waals surface area contributed by atoms with Crippen LogP contribution in [0.1, 0.15) is 44.6 Å². The minimum Gasteiger partial charge on any atom is -0.256 e. The third-order valence-electron chi connectivity index (χ3n) is 5.77. The summed E-state index contributed by atoms with van der Waals surface area (Å²) in [6, 6.07) is 4.83. The molecule has 3 aliphatic rings. The molecule has 1 unspecified atom stereocenters. The summed E-state index contributed by atoms with van der Waals surface area (Å²) in [5.41, 5.74) is 0.887. The fraction of sp³-hybridized carbons (Fsp3) is 0.647. The fourth-order valence-electron chi connectivity index (χ4n) is 4.40. The van der Waals surface area contributed by atoms with Gasteiger partial charge in [-0.2, -0.15) is 12.7 Å². The Labute approximate surface area is 137 Å². The molecule has 1 aliphatic carbocycles. The summed E-state index contributed by atoms with van der Waals surface area (Å²) >= 11 is 0. The SMILES string of the molecule is CC1CCCN(S(=O)(=O)N2CC3(CCC3)c3c(F)cccc32)C1. The Hall–Kier alpha value is -1.14. The Morgan fingerprint density at radius 1 is 1.26 bits per heavy atom. The van der Waals surface area contributed by atoms with Crippen LogP contribution in [0.5, 0.6) is 0 Å². The van der Waals surface area contributed by atoms with E-state index in [1.807, 2.05) is 0 Å². The van der Waals surface area contributed by atoms with Gasteiger partial charge in [0.15, 0.2) is 0 Å². The van der Waals surface area contributed by atoms with Crippen molar-refractivity contribution in [2.75, 3.05) is 23.9 Å². The molecule has 2 heterocycles. The number of rotatable bonds is 2. The quantitative estimate of drug-likeness (QED) is 0.831. The topological polar surface area (TPSA) is 40.6 Å². The van der Waals surface area contributed by atoms with Gasteiger partial charge in [0.25, 0.3) is 0 Å². The van der Waals surface area contributed by atoms with Crippen LogP contribution in [0.4, 0.5) is 10.1 Å². The largest absolute Gasteiger partial charge is 0.304 e. The van der Waals surface area contributed by atoms with Gasteiger partial charge in [-0.15, -0.1) is 0 Å². The third-order valence-corrected chi connectivity index (χ3v) is 7.64. The summed E-state index contributed by atoms with van der Waals surface area (Å²) in [7, 11) is -3.57. The molecule has 4 rings (SSSR count). The van der Waals surface area contributed by atoms with Crippen molar-refractivity contribution in [1.29, 1.82) is 0 Å². The lowest BCUT2D eigenvalue weighted by Crippen LogP contribution is -2.49. The molecule has 2 aliphatic heterocycles. The highest BCUT2D eigenvalue weighted by molar-refractivity contribution is 7.90. The van der Waals surface area contributed by atoms with Crippen molar-refractivity contribution in [2.45, 2.75) is 44.4 Å². The van der Waals surface area contributed by atoms with E-state index < -0.39 is 10.2 Å². The molecular formula is C17H23FN2O2S. The molecule has 0 aromatic heterocycles. The van der Waals surface area contributed by atoms with Crippen molar-refractivity contribution in [3.8, 4) is 0 Å². The summed E-state index contributed by atoms with van der Waals surface area (Å²) in [6.07, 6.45) is 4.77. The van der Waals surface area contributed by atoms with E-state index in [4.69, 9.17) is 0 Å². The van der Waals surface area contributed by atoms with E-state index in [1.54, 1.807) is 16.4 Å². The van der Waals surface area contributed by atoms with Gasteiger partial charge in [0.05, 0.1) is 5.69 Å². The molecule has 126 valence electrons. The molecule has 1 spiro atoms. The van der Waals surface area contributed by atoms with Gasteiger partial charge >= 0.3 is 10.2 Å². The molecule has 23 heavy (non-hydrogen) atoms. The van der Waals surface area contributed by atoms with E-state index in [0.29, 0.717) is 36.8 Å². The second-order valence-electron chi connectivity index (χ2n) is 7.39. The summed E-state index contributed by atoms with van der Waals surface area (Å²) < 4.78 is 43.8. The molecule has 0 amide bonds. The molecule has 1 aromatic carbocycles. The number of benzene rings is 1. The zero-order valence-corrected chi connectivity index (χ0v) is 14.3. The first kappa shape index (κ1) is 15.4. The molecule has 4 nitrogen and oxygen atoms in total. The number of hydrogen-bond donors (Lipinski definition) is 0. The Balaban J connectivity index is 1.75. The molecular weight excluding hydrogens is 315 g/mol. The van der Waals surface area contributed by atoms with Crippen molar-refractivity contribution < 1.29 is 12.8 Å². The molecule has 2 fully saturated rings. The summed E-state index contributed by atoms with van der Waals surface area (Å²) in [6.45, 7) is 3.63. The van der Waals surface area contributed by atoms with Crippen molar-refractivity contribution in [2.24, 2.45) is 5.92 Å². The molecule has 0 bridgehead atoms. The van der Waals surface area contributed by atoms with Crippen LogP contribution in [-0.2, 0) is 15.6 Å². The van der Waals surface area contributed by atoms with E-state index >= 15 is 0 Å². The van der Waals surface area contributed by atoms with Gasteiger partial charge in [-0.25, -0.2) is 4.39 Å². The molecule has 1 atom stereocenters. The first-order valence-corrected chi connectivity index (χ1v) is 9.91. The lowest BCUT2D eigenvalue weighted by Gasteiger charge is -2.40. The van der Waals surface area contributed by atoms with E-state index in [0.717, 1.165) is 32.1 Å². The molecule has 1 aromatic rings. The Morgan fingerprint density at radius 2 is 2.04 bits per heavy atom. The highest BCUT2D eigenvalue weighted by Crippen LogP contribution is 2.54. The van der Waals surface area contributed by atoms with Gasteiger partial charge in [0.2, 0.25) is 0 Å². The molecule has 0 N–H and O–H groups in total. The number of nitrogens with zero attached hydrogens (tertiary/aromatic N) is 2. The standard InChI is InChI=1S/C17H23FN2O2S/c1-13-5-3-10-19(11-13)23(21,22)20-12-17(8-4-9-17)16-14(18)6-2-7-15(16)20/h2,6-7,13H,3-5,8-12H2,1H3. The number of fused-ring (bicyclic) bond motifs is 2. The lowest BCUT2D eigenvalue weighted by atomic mass is 9.65. The number of piperidine rings is 1. The minimum atomic E-state index is -3.57. The van der Waals surface area contributed by atoms with Gasteiger partial charge in [-0.3, -0.25) is 4.31 Å². The van der Waals surface area contributed by atoms with Crippen molar-refractivity contribution in [3.63, 3.8) is 0 Å². The number of hydrogen-bond acceptors (Lipinski definition) is 2. The van der Waals surface area contributed by atoms with Gasteiger partial charge in [-0.05, 0) is 43.7 Å². The maximum absolute atomic E-state index is 14.4. The van der Waals surface area contributed by atoms with Gasteiger partial charge in [-0.1, -0.05) is 19.4 Å². The molecule has 1 saturated heterocycles. The second-order valence-corrected chi connectivity index (χ2v) is 9.24. The van der Waals surface area contributed by atoms with Crippen LogP contribution in [0, 0.1) is 11.7 Å². The monoisotopic (exact) mass is 338 g/mol. The second kappa shape index (κ2) is 5.18. The summed E-state index contributed by atoms with van der Waals surface area (Å²) in [5, 5.41) is 0. The van der Waals surface area contributed by atoms with Crippen LogP contribution in [0.15, 0.2) is 18.2 Å². The highest BCUT2D eigenvalue weighted by Gasteiger charge is 2.52. The van der Waals surface area contributed by atoms with Crippen LogP contribution in [0.25, 0.3) is 0 Å². The van der Waals surface area contributed by atoms with E-state index in [9.17, 15) is 12.8 Å². The maximum Gasteiger partial charge on any atom is 0.304 e. The Kier molecular flexibility index (Phi) is 3.47. The minimum absolute atomic E-state index is 0.257. The maximum atomic E-state index is 14.4. The van der Waals surface area contributed by atoms with Gasteiger partial charge in [0, 0.05) is 30.6 Å². The third kappa shape index (κ3) is 2.22. The van der Waals surface area contributed by atoms with Crippen LogP contribution >= 0.6 is 0 Å². The Morgan fingerprint density at radius 3 is 2.70 bits per heavy atom. The van der Waals surface area contributed by atoms with Crippen molar-refractivity contribution in [1.82, 2.24) is 4.31 Å². The van der Waals surface area contributed by atoms with Gasteiger partial charge in [0.1, 0.15) is 5.82 Å². The highest BCUT2D eigenvalue weighted by atomic mass is 32.2. The zero-order valence-electron chi connectivity index (χ0n) is 13.5. The van der Waals surface area contributed by atoms with Crippen LogP contribution in [0.3, 0.4) is 0 Å². The first-order valence-electron chi connectivity index (χ1n) is 8.51. The normalized spacial score (nSPS) is 27.0. The van der Waals surface area contributed by atoms with Crippen LogP contribution < -0.4 is 4.31 Å². The predicted octanol–water partition coefficient (Wildman–Crippen LogP) is 3.04. The Bertz CT molecular complexity index is 730. The summed E-state index contributed by atoms with van der Waals surface area (Å²) in [5.74, 6) is 0.123. The smallest absolute Gasteiger partial charge is 0.256 e. The zero-order chi connectivity index (χ0) is 16.2. The first-order chi connectivity index (χ1) is 10.9. The van der Waals surface area contributed by atoms with E-state index in [-0.39, 0.29) is 11.2 Å². The summed E-state index contributed by atoms with van der Waals surface area (Å²) in [4.78, 5) is 0. The van der Waals surface area contributed by atoms with Crippen molar-refractivity contribution in [3.05, 3.63) is 29.6 Å². The fourth-order valence-corrected chi connectivity index (χ4v) is 6.29. The molecule has 1 saturated carbocycles. The molecule has 0 radical (unpaired) electrons. The van der Waals surface area contributed by atoms with Crippen LogP contribution in [-0.4, -0.2) is 32.4 Å². The van der Waals surface area contributed by atoms with Crippen LogP contribution in [0.2, 0.25) is 0 Å². The molecule has 6 heteroatoms. The van der Waals surface area contributed by atoms with Gasteiger partial charge < -0.3 is 0 Å².